The third-order valence-electron chi connectivity index (χ3n) is 10.2. The third kappa shape index (κ3) is 2.16. The Bertz CT molecular complexity index is 425. The van der Waals surface area contributed by atoms with E-state index in [9.17, 15) is 0 Å². The molecule has 0 bridgehead atoms. The van der Waals surface area contributed by atoms with Crippen LogP contribution in [0.1, 0.15) is 129 Å². The lowest BCUT2D eigenvalue weighted by Gasteiger charge is -2.72. The summed E-state index contributed by atoms with van der Waals surface area (Å²) < 4.78 is 0. The van der Waals surface area contributed by atoms with Gasteiger partial charge in [0.25, 0.3) is 0 Å². The Kier molecular flexibility index (Phi) is 4.58. The minimum absolute atomic E-state index is 0.632. The molecular formula is C24H42. The summed E-state index contributed by atoms with van der Waals surface area (Å²) in [5, 5.41) is 0. The summed E-state index contributed by atoms with van der Waals surface area (Å²) in [6.07, 6.45) is 27.9. The smallest absolute Gasteiger partial charge is 0.0179 e. The lowest BCUT2D eigenvalue weighted by Crippen LogP contribution is -2.63. The second-order valence-corrected chi connectivity index (χ2v) is 10.5. The van der Waals surface area contributed by atoms with Crippen LogP contribution < -0.4 is 0 Å². The Hall–Kier alpha value is 0. The van der Waals surface area contributed by atoms with Gasteiger partial charge >= 0.3 is 0 Å². The standard InChI is InChI=1S/C24H42/c1-3-21(2)13-7-9-17-23(21)18-11-12-20-24(23)19-10-8-16-22(24)14-5-4-6-15-22/h3-20H2,1-2H3. The molecular weight excluding hydrogens is 288 g/mol. The monoisotopic (exact) mass is 330 g/mol. The molecule has 4 fully saturated rings. The van der Waals surface area contributed by atoms with E-state index < -0.39 is 0 Å². The van der Waals surface area contributed by atoms with E-state index in [1.165, 1.54) is 38.5 Å². The molecule has 0 aliphatic heterocycles. The van der Waals surface area contributed by atoms with E-state index in [2.05, 4.69) is 13.8 Å². The van der Waals surface area contributed by atoms with Gasteiger partial charge in [0.1, 0.15) is 0 Å². The van der Waals surface area contributed by atoms with Crippen LogP contribution in [-0.2, 0) is 0 Å². The molecule has 0 heteroatoms. The summed E-state index contributed by atoms with van der Waals surface area (Å²) in [5.41, 5.74) is 2.80. The van der Waals surface area contributed by atoms with Crippen LogP contribution in [0.3, 0.4) is 0 Å². The summed E-state index contributed by atoms with van der Waals surface area (Å²) in [7, 11) is 0. The van der Waals surface area contributed by atoms with E-state index in [-0.39, 0.29) is 0 Å². The van der Waals surface area contributed by atoms with Gasteiger partial charge < -0.3 is 0 Å². The molecule has 4 rings (SSSR count). The molecule has 0 radical (unpaired) electrons. The highest BCUT2D eigenvalue weighted by Gasteiger charge is 2.67. The van der Waals surface area contributed by atoms with Crippen LogP contribution in [0.4, 0.5) is 0 Å². The van der Waals surface area contributed by atoms with E-state index in [0.29, 0.717) is 10.8 Å². The Morgan fingerprint density at radius 3 is 1.46 bits per heavy atom. The van der Waals surface area contributed by atoms with Crippen molar-refractivity contribution in [1.82, 2.24) is 0 Å². The molecule has 0 heterocycles. The van der Waals surface area contributed by atoms with Gasteiger partial charge in [0.15, 0.2) is 0 Å². The van der Waals surface area contributed by atoms with Crippen molar-refractivity contribution in [3.05, 3.63) is 0 Å². The van der Waals surface area contributed by atoms with E-state index in [1.54, 1.807) is 77.0 Å². The molecule has 0 saturated heterocycles. The van der Waals surface area contributed by atoms with Gasteiger partial charge in [0.2, 0.25) is 0 Å². The van der Waals surface area contributed by atoms with Gasteiger partial charge in [-0.3, -0.25) is 0 Å². The van der Waals surface area contributed by atoms with E-state index >= 15 is 0 Å². The van der Waals surface area contributed by atoms with Crippen molar-refractivity contribution in [1.29, 1.82) is 0 Å². The topological polar surface area (TPSA) is 0 Å². The fourth-order valence-corrected chi connectivity index (χ4v) is 9.06. The van der Waals surface area contributed by atoms with Gasteiger partial charge in [0, 0.05) is 0 Å². The SMILES string of the molecule is CCC1(C)CCCCC12CCCCC21CCCCC12CCCCC2. The second kappa shape index (κ2) is 6.31. The van der Waals surface area contributed by atoms with Gasteiger partial charge in [0.05, 0.1) is 0 Å². The van der Waals surface area contributed by atoms with Crippen molar-refractivity contribution in [2.75, 3.05) is 0 Å². The lowest BCUT2D eigenvalue weighted by atomic mass is 9.32. The van der Waals surface area contributed by atoms with Crippen LogP contribution in [-0.4, -0.2) is 0 Å². The zero-order valence-corrected chi connectivity index (χ0v) is 16.7. The summed E-state index contributed by atoms with van der Waals surface area (Å²) in [4.78, 5) is 0. The minimum atomic E-state index is 0.632. The first kappa shape index (κ1) is 17.4. The predicted octanol–water partition coefficient (Wildman–Crippen LogP) is 8.05. The summed E-state index contributed by atoms with van der Waals surface area (Å²) in [6.45, 7) is 5.27. The van der Waals surface area contributed by atoms with Gasteiger partial charge in [-0.05, 0) is 73.0 Å². The first-order valence-corrected chi connectivity index (χ1v) is 11.6. The third-order valence-corrected chi connectivity index (χ3v) is 10.2. The highest BCUT2D eigenvalue weighted by atomic mass is 14.7. The fraction of sp³-hybridized carbons (Fsp3) is 1.00. The van der Waals surface area contributed by atoms with Crippen LogP contribution >= 0.6 is 0 Å². The highest BCUT2D eigenvalue weighted by Crippen LogP contribution is 2.77. The Morgan fingerprint density at radius 2 is 0.917 bits per heavy atom. The summed E-state index contributed by atoms with van der Waals surface area (Å²) in [6, 6.07) is 0. The summed E-state index contributed by atoms with van der Waals surface area (Å²) >= 11 is 0. The van der Waals surface area contributed by atoms with E-state index in [1.807, 2.05) is 0 Å². The number of fused-ring (bicyclic) bond motifs is 2. The van der Waals surface area contributed by atoms with E-state index in [4.69, 9.17) is 0 Å². The molecule has 3 atom stereocenters. The van der Waals surface area contributed by atoms with Crippen LogP contribution in [0.15, 0.2) is 0 Å². The average Bonchev–Trinajstić information content (AvgIpc) is 2.63. The zero-order chi connectivity index (χ0) is 16.7. The first-order chi connectivity index (χ1) is 11.6. The van der Waals surface area contributed by atoms with Crippen molar-refractivity contribution in [3.63, 3.8) is 0 Å². The van der Waals surface area contributed by atoms with Crippen LogP contribution in [0.2, 0.25) is 0 Å². The minimum Gasteiger partial charge on any atom is -0.0648 e. The molecule has 0 aromatic rings. The average molecular weight is 331 g/mol. The van der Waals surface area contributed by atoms with E-state index in [0.717, 1.165) is 10.8 Å². The molecule has 0 aromatic heterocycles. The molecule has 3 spiro atoms. The van der Waals surface area contributed by atoms with Gasteiger partial charge in [-0.15, -0.1) is 0 Å². The Labute approximate surface area is 151 Å². The molecule has 4 aliphatic rings. The van der Waals surface area contributed by atoms with Crippen LogP contribution in [0.5, 0.6) is 0 Å². The normalized spacial score (nSPS) is 45.8. The van der Waals surface area contributed by atoms with Crippen molar-refractivity contribution in [2.45, 2.75) is 129 Å². The largest absolute Gasteiger partial charge is 0.0648 e. The molecule has 4 saturated carbocycles. The molecule has 0 N–H and O–H groups in total. The van der Waals surface area contributed by atoms with Gasteiger partial charge in [-0.2, -0.15) is 0 Å². The van der Waals surface area contributed by atoms with Crippen LogP contribution in [0.25, 0.3) is 0 Å². The predicted molar refractivity (Wildman–Crippen MR) is 104 cm³/mol. The fourth-order valence-electron chi connectivity index (χ4n) is 9.06. The second-order valence-electron chi connectivity index (χ2n) is 10.5. The molecule has 4 aliphatic carbocycles. The Morgan fingerprint density at radius 1 is 0.500 bits per heavy atom. The maximum atomic E-state index is 2.74. The number of hydrogen-bond acceptors (Lipinski definition) is 0. The highest BCUT2D eigenvalue weighted by molar-refractivity contribution is 5.17. The zero-order valence-electron chi connectivity index (χ0n) is 16.7. The quantitative estimate of drug-likeness (QED) is 0.456. The maximum Gasteiger partial charge on any atom is -0.0179 e. The molecule has 3 unspecified atom stereocenters. The summed E-state index contributed by atoms with van der Waals surface area (Å²) in [5.74, 6) is 0. The lowest BCUT2D eigenvalue weighted by molar-refractivity contribution is -0.229. The Balaban J connectivity index is 1.84. The van der Waals surface area contributed by atoms with Gasteiger partial charge in [-0.1, -0.05) is 78.1 Å². The molecule has 0 aromatic carbocycles. The number of hydrogen-bond donors (Lipinski definition) is 0. The molecule has 24 heavy (non-hydrogen) atoms. The first-order valence-electron chi connectivity index (χ1n) is 11.6. The molecule has 0 nitrogen and oxygen atoms in total. The number of rotatable bonds is 1. The molecule has 138 valence electrons. The van der Waals surface area contributed by atoms with Gasteiger partial charge in [-0.25, -0.2) is 0 Å². The van der Waals surface area contributed by atoms with Crippen LogP contribution in [0, 0.1) is 21.7 Å². The van der Waals surface area contributed by atoms with Crippen molar-refractivity contribution < 1.29 is 0 Å². The van der Waals surface area contributed by atoms with Crippen molar-refractivity contribution in [2.24, 2.45) is 21.7 Å². The van der Waals surface area contributed by atoms with Crippen molar-refractivity contribution in [3.8, 4) is 0 Å². The molecule has 0 amide bonds. The maximum absolute atomic E-state index is 2.74. The van der Waals surface area contributed by atoms with Crippen molar-refractivity contribution >= 4 is 0 Å².